The first-order chi connectivity index (χ1) is 14.4. The minimum Gasteiger partial charge on any atom is -0.350 e. The molecule has 0 saturated heterocycles. The molecule has 1 atom stereocenters. The summed E-state index contributed by atoms with van der Waals surface area (Å²) in [5, 5.41) is 21.5. The van der Waals surface area contributed by atoms with Crippen LogP contribution in [0, 0.1) is 0 Å². The van der Waals surface area contributed by atoms with E-state index >= 15 is 0 Å². The molecule has 0 radical (unpaired) electrons. The summed E-state index contributed by atoms with van der Waals surface area (Å²) in [5.74, 6) is -0.143. The van der Waals surface area contributed by atoms with E-state index in [0.717, 1.165) is 0 Å². The Labute approximate surface area is 182 Å². The molecule has 0 aliphatic carbocycles. The number of benzene rings is 1. The van der Waals surface area contributed by atoms with Gasteiger partial charge < -0.3 is 15.5 Å². The van der Waals surface area contributed by atoms with Crippen molar-refractivity contribution < 1.29 is 9.59 Å². The van der Waals surface area contributed by atoms with Crippen LogP contribution in [0.2, 0.25) is 0 Å². The van der Waals surface area contributed by atoms with Crippen molar-refractivity contribution in [1.29, 1.82) is 0 Å². The smallest absolute Gasteiger partial charge is 0.251 e. The van der Waals surface area contributed by atoms with Gasteiger partial charge in [0, 0.05) is 24.8 Å². The van der Waals surface area contributed by atoms with E-state index in [9.17, 15) is 9.59 Å². The second-order valence-corrected chi connectivity index (χ2v) is 8.47. The first kappa shape index (κ1) is 21.9. The Balaban J connectivity index is 1.50. The molecule has 9 nitrogen and oxygen atoms in total. The first-order valence-electron chi connectivity index (χ1n) is 9.16. The molecule has 1 aromatic carbocycles. The second-order valence-electron chi connectivity index (χ2n) is 6.75. The van der Waals surface area contributed by atoms with Crippen LogP contribution in [0.5, 0.6) is 0 Å². The van der Waals surface area contributed by atoms with Crippen LogP contribution >= 0.6 is 23.1 Å². The molecule has 0 spiro atoms. The summed E-state index contributed by atoms with van der Waals surface area (Å²) in [4.78, 5) is 26.7. The third-order valence-corrected chi connectivity index (χ3v) is 6.06. The van der Waals surface area contributed by atoms with E-state index < -0.39 is 0 Å². The molecule has 3 aromatic rings. The number of hydrogen-bond acceptors (Lipinski definition) is 8. The lowest BCUT2D eigenvalue weighted by atomic mass is 10.1. The molecule has 11 heteroatoms. The molecule has 0 aliphatic rings. The predicted octanol–water partition coefficient (Wildman–Crippen LogP) is 2.04. The van der Waals surface area contributed by atoms with Gasteiger partial charge in [0.1, 0.15) is 0 Å². The number of nitrogens with zero attached hydrogens (tertiary/aromatic N) is 5. The number of likely N-dealkylation sites (N-methyl/N-ethyl adjacent to an activating group) is 1. The number of amides is 2. The number of aryl methyl sites for hydroxylation is 1. The number of nitrogens with one attached hydrogen (secondary N) is 2. The van der Waals surface area contributed by atoms with Crippen molar-refractivity contribution >= 4 is 40.6 Å². The van der Waals surface area contributed by atoms with E-state index in [0.29, 0.717) is 23.0 Å². The highest BCUT2D eigenvalue weighted by molar-refractivity contribution is 7.99. The zero-order valence-electron chi connectivity index (χ0n) is 16.9. The average Bonchev–Trinajstić information content (AvgIpc) is 3.39. The quantitative estimate of drug-likeness (QED) is 0.486. The monoisotopic (exact) mass is 445 g/mol. The van der Waals surface area contributed by atoms with Crippen LogP contribution in [0.15, 0.2) is 46.2 Å². The summed E-state index contributed by atoms with van der Waals surface area (Å²) in [6.45, 7) is 0.509. The van der Waals surface area contributed by atoms with E-state index in [4.69, 9.17) is 0 Å². The Morgan fingerprint density at radius 1 is 1.23 bits per heavy atom. The van der Waals surface area contributed by atoms with Crippen molar-refractivity contribution in [2.45, 2.75) is 11.2 Å². The summed E-state index contributed by atoms with van der Waals surface area (Å²) in [6.07, 6.45) is 0. The van der Waals surface area contributed by atoms with Gasteiger partial charge in [-0.1, -0.05) is 11.8 Å². The summed E-state index contributed by atoms with van der Waals surface area (Å²) in [5.41, 5.74) is 2.34. The summed E-state index contributed by atoms with van der Waals surface area (Å²) in [6, 6.07) is 8.99. The average molecular weight is 446 g/mol. The van der Waals surface area contributed by atoms with Crippen molar-refractivity contribution in [2.24, 2.45) is 7.05 Å². The lowest BCUT2D eigenvalue weighted by Crippen LogP contribution is -2.34. The molecular formula is C19H23N7O2S2. The molecule has 0 aliphatic heterocycles. The Kier molecular flexibility index (Phi) is 7.55. The van der Waals surface area contributed by atoms with E-state index in [1.54, 1.807) is 42.6 Å². The Hall–Kier alpha value is -2.76. The van der Waals surface area contributed by atoms with Crippen molar-refractivity contribution in [1.82, 2.24) is 30.4 Å². The van der Waals surface area contributed by atoms with E-state index in [2.05, 4.69) is 42.5 Å². The number of anilines is 1. The van der Waals surface area contributed by atoms with Crippen LogP contribution in [0.1, 0.15) is 22.0 Å². The van der Waals surface area contributed by atoms with Crippen LogP contribution in [-0.4, -0.2) is 63.3 Å². The summed E-state index contributed by atoms with van der Waals surface area (Å²) >= 11 is 2.89. The minimum atomic E-state index is -0.176. The Morgan fingerprint density at radius 2 is 2.00 bits per heavy atom. The topological polar surface area (TPSA) is 105 Å². The van der Waals surface area contributed by atoms with E-state index in [-0.39, 0.29) is 23.6 Å². The highest BCUT2D eigenvalue weighted by Crippen LogP contribution is 2.20. The lowest BCUT2D eigenvalue weighted by Gasteiger charge is -2.24. The fraction of sp³-hybridized carbons (Fsp3) is 0.316. The molecule has 2 aromatic heterocycles. The highest BCUT2D eigenvalue weighted by atomic mass is 32.2. The van der Waals surface area contributed by atoms with Gasteiger partial charge in [-0.15, -0.1) is 5.10 Å². The highest BCUT2D eigenvalue weighted by Gasteiger charge is 2.16. The molecule has 30 heavy (non-hydrogen) atoms. The van der Waals surface area contributed by atoms with Gasteiger partial charge in [0.15, 0.2) is 0 Å². The van der Waals surface area contributed by atoms with Gasteiger partial charge in [0.2, 0.25) is 11.1 Å². The van der Waals surface area contributed by atoms with E-state index in [1.807, 2.05) is 19.5 Å². The van der Waals surface area contributed by atoms with Crippen LogP contribution in [0.3, 0.4) is 0 Å². The van der Waals surface area contributed by atoms with Crippen LogP contribution < -0.4 is 10.6 Å². The first-order valence-corrected chi connectivity index (χ1v) is 11.1. The molecule has 2 N–H and O–H groups in total. The maximum Gasteiger partial charge on any atom is 0.251 e. The largest absolute Gasteiger partial charge is 0.350 e. The van der Waals surface area contributed by atoms with Crippen LogP contribution in [0.25, 0.3) is 0 Å². The summed E-state index contributed by atoms with van der Waals surface area (Å²) < 4.78 is 1.50. The number of carbonyl (C=O) groups excluding carboxylic acids is 2. The fourth-order valence-corrected chi connectivity index (χ4v) is 4.09. The van der Waals surface area contributed by atoms with Gasteiger partial charge >= 0.3 is 0 Å². The number of aromatic nitrogens is 4. The molecule has 0 saturated carbocycles. The third-order valence-electron chi connectivity index (χ3n) is 4.35. The van der Waals surface area contributed by atoms with Gasteiger partial charge in [-0.05, 0) is 71.2 Å². The zero-order chi connectivity index (χ0) is 21.5. The number of rotatable bonds is 9. The molecule has 0 bridgehead atoms. The lowest BCUT2D eigenvalue weighted by molar-refractivity contribution is -0.113. The Bertz CT molecular complexity index is 971. The SMILES string of the molecule is CN(C)C(CNC(=O)c1ccc(NC(=O)CSc2nnnn2C)cc1)c1ccsc1. The standard InChI is InChI=1S/C19H23N7O2S2/c1-25(2)16(14-8-9-29-11-14)10-20-18(28)13-4-6-15(7-5-13)21-17(27)12-30-19-22-23-24-26(19)3/h4-9,11,16H,10,12H2,1-3H3,(H,20,28)(H,21,27). The minimum absolute atomic E-state index is 0.111. The van der Waals surface area contributed by atoms with Crippen LogP contribution in [-0.2, 0) is 11.8 Å². The van der Waals surface area contributed by atoms with Crippen molar-refractivity contribution in [3.8, 4) is 0 Å². The summed E-state index contributed by atoms with van der Waals surface area (Å²) in [7, 11) is 5.70. The molecule has 1 unspecified atom stereocenters. The van der Waals surface area contributed by atoms with Gasteiger partial charge in [-0.2, -0.15) is 11.3 Å². The number of thioether (sulfide) groups is 1. The normalized spacial score (nSPS) is 12.0. The van der Waals surface area contributed by atoms with Crippen molar-refractivity contribution in [2.75, 3.05) is 31.7 Å². The van der Waals surface area contributed by atoms with Gasteiger partial charge in [0.05, 0.1) is 11.8 Å². The zero-order valence-corrected chi connectivity index (χ0v) is 18.5. The number of tetrazole rings is 1. The predicted molar refractivity (Wildman–Crippen MR) is 118 cm³/mol. The van der Waals surface area contributed by atoms with Crippen molar-refractivity contribution in [3.63, 3.8) is 0 Å². The number of carbonyl (C=O) groups is 2. The molecule has 158 valence electrons. The number of thiophene rings is 1. The van der Waals surface area contributed by atoms with Gasteiger partial charge in [-0.25, -0.2) is 4.68 Å². The molecule has 2 amide bonds. The van der Waals surface area contributed by atoms with E-state index in [1.165, 1.54) is 22.0 Å². The third kappa shape index (κ3) is 5.88. The maximum absolute atomic E-state index is 12.5. The molecular weight excluding hydrogens is 422 g/mol. The Morgan fingerprint density at radius 3 is 2.60 bits per heavy atom. The van der Waals surface area contributed by atoms with Crippen molar-refractivity contribution in [3.05, 3.63) is 52.2 Å². The fourth-order valence-electron chi connectivity index (χ4n) is 2.73. The molecule has 2 heterocycles. The van der Waals surface area contributed by atoms with Gasteiger partial charge in [0.25, 0.3) is 5.91 Å². The second kappa shape index (κ2) is 10.3. The van der Waals surface area contributed by atoms with Crippen LogP contribution in [0.4, 0.5) is 5.69 Å². The molecule has 0 fully saturated rings. The maximum atomic E-state index is 12.5. The number of hydrogen-bond donors (Lipinski definition) is 2. The van der Waals surface area contributed by atoms with Gasteiger partial charge in [-0.3, -0.25) is 9.59 Å². The molecule has 3 rings (SSSR count).